The molecule has 0 aliphatic heterocycles. The first-order valence-electron chi connectivity index (χ1n) is 7.07. The molecular formula is C16H18ClNO4. The van der Waals surface area contributed by atoms with Crippen LogP contribution in [0.5, 0.6) is 5.75 Å². The first kappa shape index (κ1) is 16.4. The molecule has 1 N–H and O–H groups in total. The molecule has 0 fully saturated rings. The minimum absolute atomic E-state index is 0.0869. The summed E-state index contributed by atoms with van der Waals surface area (Å²) in [6.07, 6.45) is 0.840. The molecule has 1 unspecified atom stereocenters. The molecule has 5 nitrogen and oxygen atoms in total. The Labute approximate surface area is 133 Å². The van der Waals surface area contributed by atoms with Gasteiger partial charge in [-0.2, -0.15) is 0 Å². The molecule has 1 aromatic heterocycles. The molecule has 6 heteroatoms. The van der Waals surface area contributed by atoms with E-state index in [1.807, 2.05) is 13.8 Å². The predicted molar refractivity (Wildman–Crippen MR) is 85.6 cm³/mol. The number of carbonyl (C=O) groups excluding carboxylic acids is 1. The van der Waals surface area contributed by atoms with Crippen LogP contribution in [-0.2, 0) is 4.79 Å². The predicted octanol–water partition coefficient (Wildman–Crippen LogP) is 3.05. The van der Waals surface area contributed by atoms with Gasteiger partial charge in [0.25, 0.3) is 5.91 Å². The SMILES string of the molecule is CCC(C)NC(=O)COc1cc2oc(=O)cc(C)c2cc1Cl. The van der Waals surface area contributed by atoms with Gasteiger partial charge >= 0.3 is 5.63 Å². The summed E-state index contributed by atoms with van der Waals surface area (Å²) in [5, 5.41) is 3.89. The van der Waals surface area contributed by atoms with E-state index < -0.39 is 5.63 Å². The van der Waals surface area contributed by atoms with E-state index in [4.69, 9.17) is 20.8 Å². The van der Waals surface area contributed by atoms with Crippen LogP contribution in [0.3, 0.4) is 0 Å². The maximum atomic E-state index is 11.7. The Morgan fingerprint density at radius 2 is 2.14 bits per heavy atom. The van der Waals surface area contributed by atoms with Crippen molar-refractivity contribution >= 4 is 28.5 Å². The normalized spacial score (nSPS) is 12.2. The fourth-order valence-electron chi connectivity index (χ4n) is 1.99. The van der Waals surface area contributed by atoms with Gasteiger partial charge in [0, 0.05) is 23.6 Å². The third kappa shape index (κ3) is 3.80. The number of hydrogen-bond donors (Lipinski definition) is 1. The van der Waals surface area contributed by atoms with Crippen LogP contribution >= 0.6 is 11.6 Å². The van der Waals surface area contributed by atoms with Crippen molar-refractivity contribution in [2.45, 2.75) is 33.2 Å². The summed E-state index contributed by atoms with van der Waals surface area (Å²) >= 11 is 6.15. The molecular weight excluding hydrogens is 306 g/mol. The van der Waals surface area contributed by atoms with Crippen molar-refractivity contribution in [2.75, 3.05) is 6.61 Å². The molecule has 0 aliphatic rings. The van der Waals surface area contributed by atoms with Crippen LogP contribution < -0.4 is 15.7 Å². The molecule has 1 atom stereocenters. The van der Waals surface area contributed by atoms with E-state index in [2.05, 4.69) is 5.32 Å². The highest BCUT2D eigenvalue weighted by Crippen LogP contribution is 2.30. The molecule has 1 amide bonds. The maximum Gasteiger partial charge on any atom is 0.336 e. The molecule has 2 rings (SSSR count). The van der Waals surface area contributed by atoms with Crippen LogP contribution in [0.1, 0.15) is 25.8 Å². The smallest absolute Gasteiger partial charge is 0.336 e. The van der Waals surface area contributed by atoms with Crippen LogP contribution in [-0.4, -0.2) is 18.6 Å². The van der Waals surface area contributed by atoms with Crippen molar-refractivity contribution in [3.8, 4) is 5.75 Å². The fraction of sp³-hybridized carbons (Fsp3) is 0.375. The molecule has 22 heavy (non-hydrogen) atoms. The molecule has 1 heterocycles. The van der Waals surface area contributed by atoms with E-state index >= 15 is 0 Å². The number of ether oxygens (including phenoxy) is 1. The standard InChI is InChI=1S/C16H18ClNO4/c1-4-10(3)18-15(19)8-21-14-7-13-11(6-12(14)17)9(2)5-16(20)22-13/h5-7,10H,4,8H2,1-3H3,(H,18,19). The number of rotatable bonds is 5. The summed E-state index contributed by atoms with van der Waals surface area (Å²) in [5.74, 6) is 0.0819. The van der Waals surface area contributed by atoms with Gasteiger partial charge in [0.15, 0.2) is 6.61 Å². The monoisotopic (exact) mass is 323 g/mol. The first-order valence-corrected chi connectivity index (χ1v) is 7.44. The summed E-state index contributed by atoms with van der Waals surface area (Å²) in [4.78, 5) is 23.1. The molecule has 1 aromatic carbocycles. The Balaban J connectivity index is 2.20. The van der Waals surface area contributed by atoms with Crippen molar-refractivity contribution in [1.29, 1.82) is 0 Å². The third-order valence-corrected chi connectivity index (χ3v) is 3.68. The van der Waals surface area contributed by atoms with Gasteiger partial charge in [-0.3, -0.25) is 4.79 Å². The molecule has 2 aromatic rings. The van der Waals surface area contributed by atoms with Crippen LogP contribution in [0.4, 0.5) is 0 Å². The van der Waals surface area contributed by atoms with E-state index in [-0.39, 0.29) is 18.6 Å². The number of carbonyl (C=O) groups is 1. The Kier molecular flexibility index (Phi) is 5.08. The zero-order valence-electron chi connectivity index (χ0n) is 12.7. The highest BCUT2D eigenvalue weighted by atomic mass is 35.5. The number of aryl methyl sites for hydroxylation is 1. The van der Waals surface area contributed by atoms with E-state index in [9.17, 15) is 9.59 Å². The van der Waals surface area contributed by atoms with Gasteiger partial charge in [-0.1, -0.05) is 18.5 Å². The quantitative estimate of drug-likeness (QED) is 0.859. The fourth-order valence-corrected chi connectivity index (χ4v) is 2.21. The summed E-state index contributed by atoms with van der Waals surface area (Å²) in [6.45, 7) is 5.55. The van der Waals surface area contributed by atoms with Gasteiger partial charge in [0.2, 0.25) is 0 Å². The van der Waals surface area contributed by atoms with Crippen molar-refractivity contribution < 1.29 is 13.9 Å². The number of nitrogens with one attached hydrogen (secondary N) is 1. The zero-order valence-corrected chi connectivity index (χ0v) is 13.5. The molecule has 118 valence electrons. The second kappa shape index (κ2) is 6.83. The number of hydrogen-bond acceptors (Lipinski definition) is 4. The van der Waals surface area contributed by atoms with E-state index in [0.29, 0.717) is 16.4 Å². The van der Waals surface area contributed by atoms with Crippen molar-refractivity contribution in [3.05, 3.63) is 39.2 Å². The highest BCUT2D eigenvalue weighted by Gasteiger charge is 2.11. The van der Waals surface area contributed by atoms with Crippen molar-refractivity contribution in [3.63, 3.8) is 0 Å². The van der Waals surface area contributed by atoms with Gasteiger partial charge < -0.3 is 14.5 Å². The number of amides is 1. The molecule has 0 saturated carbocycles. The van der Waals surface area contributed by atoms with Gasteiger partial charge in [0.1, 0.15) is 11.3 Å². The number of benzene rings is 1. The number of fused-ring (bicyclic) bond motifs is 1. The Hall–Kier alpha value is -2.01. The van der Waals surface area contributed by atoms with Gasteiger partial charge in [-0.15, -0.1) is 0 Å². The zero-order chi connectivity index (χ0) is 16.3. The van der Waals surface area contributed by atoms with Crippen LogP contribution in [0.25, 0.3) is 11.0 Å². The van der Waals surface area contributed by atoms with Gasteiger partial charge in [-0.25, -0.2) is 4.79 Å². The summed E-state index contributed by atoms with van der Waals surface area (Å²) < 4.78 is 10.6. The topological polar surface area (TPSA) is 68.5 Å². The Morgan fingerprint density at radius 1 is 1.41 bits per heavy atom. The number of halogens is 1. The Bertz CT molecular complexity index is 754. The minimum Gasteiger partial charge on any atom is -0.482 e. The van der Waals surface area contributed by atoms with Crippen molar-refractivity contribution in [1.82, 2.24) is 5.32 Å². The van der Waals surface area contributed by atoms with Crippen LogP contribution in [0.15, 0.2) is 27.4 Å². The van der Waals surface area contributed by atoms with Crippen molar-refractivity contribution in [2.24, 2.45) is 0 Å². The summed E-state index contributed by atoms with van der Waals surface area (Å²) in [5.41, 5.74) is 0.716. The Morgan fingerprint density at radius 3 is 2.82 bits per heavy atom. The second-order valence-corrected chi connectivity index (χ2v) is 5.60. The minimum atomic E-state index is -0.437. The highest BCUT2D eigenvalue weighted by molar-refractivity contribution is 6.32. The average molecular weight is 324 g/mol. The van der Waals surface area contributed by atoms with Crippen LogP contribution in [0, 0.1) is 6.92 Å². The van der Waals surface area contributed by atoms with E-state index in [1.54, 1.807) is 13.0 Å². The molecule has 0 saturated heterocycles. The third-order valence-electron chi connectivity index (χ3n) is 3.38. The average Bonchev–Trinajstić information content (AvgIpc) is 2.45. The second-order valence-electron chi connectivity index (χ2n) is 5.19. The summed E-state index contributed by atoms with van der Waals surface area (Å²) in [6, 6.07) is 4.68. The lowest BCUT2D eigenvalue weighted by Crippen LogP contribution is -2.35. The lowest BCUT2D eigenvalue weighted by Gasteiger charge is -2.13. The lowest BCUT2D eigenvalue weighted by atomic mass is 10.1. The van der Waals surface area contributed by atoms with E-state index in [1.165, 1.54) is 12.1 Å². The van der Waals surface area contributed by atoms with Crippen LogP contribution in [0.2, 0.25) is 5.02 Å². The largest absolute Gasteiger partial charge is 0.482 e. The molecule has 0 bridgehead atoms. The van der Waals surface area contributed by atoms with E-state index in [0.717, 1.165) is 17.4 Å². The molecule has 0 aliphatic carbocycles. The van der Waals surface area contributed by atoms with Gasteiger partial charge in [0.05, 0.1) is 5.02 Å². The molecule has 0 radical (unpaired) electrons. The maximum absolute atomic E-state index is 11.7. The molecule has 0 spiro atoms. The summed E-state index contributed by atoms with van der Waals surface area (Å²) in [7, 11) is 0. The van der Waals surface area contributed by atoms with Gasteiger partial charge in [-0.05, 0) is 31.9 Å². The first-order chi connectivity index (χ1) is 10.4. The lowest BCUT2D eigenvalue weighted by molar-refractivity contribution is -0.123.